The van der Waals surface area contributed by atoms with Gasteiger partial charge in [-0.2, -0.15) is 0 Å². The highest BCUT2D eigenvalue weighted by Crippen LogP contribution is 2.30. The molecule has 1 aromatic carbocycles. The minimum Gasteiger partial charge on any atom is -0.398 e. The van der Waals surface area contributed by atoms with Crippen molar-refractivity contribution in [2.24, 2.45) is 0 Å². The number of hydrogen-bond donors (Lipinski definition) is 2. The lowest BCUT2D eigenvalue weighted by Crippen LogP contribution is -2.52. The molecule has 1 saturated heterocycles. The summed E-state index contributed by atoms with van der Waals surface area (Å²) < 4.78 is 0. The summed E-state index contributed by atoms with van der Waals surface area (Å²) in [5.41, 5.74) is 7.89. The van der Waals surface area contributed by atoms with Crippen LogP contribution < -0.4 is 11.1 Å². The molecule has 6 heteroatoms. The van der Waals surface area contributed by atoms with E-state index in [1.165, 1.54) is 0 Å². The predicted molar refractivity (Wildman–Crippen MR) is 74.5 cm³/mol. The number of benzene rings is 1. The van der Waals surface area contributed by atoms with Crippen LogP contribution in [0.1, 0.15) is 28.8 Å². The fourth-order valence-electron chi connectivity index (χ4n) is 2.61. The molecule has 5 nitrogen and oxygen atoms in total. The number of thiocarbonyl (C=S) groups is 1. The lowest BCUT2D eigenvalue weighted by Gasteiger charge is -2.30. The summed E-state index contributed by atoms with van der Waals surface area (Å²) in [6.07, 6.45) is 1.20. The molecule has 0 aliphatic carbocycles. The maximum absolute atomic E-state index is 12.3. The smallest absolute Gasteiger partial charge is 0.255 e. The normalized spacial score (nSPS) is 22.4. The van der Waals surface area contributed by atoms with Crippen molar-refractivity contribution in [3.05, 3.63) is 29.3 Å². The summed E-state index contributed by atoms with van der Waals surface area (Å²) in [6, 6.07) is 4.82. The minimum absolute atomic E-state index is 0.129. The molecule has 1 fully saturated rings. The molecule has 0 spiro atoms. The van der Waals surface area contributed by atoms with Crippen LogP contribution >= 0.6 is 12.2 Å². The molecule has 2 aliphatic heterocycles. The van der Waals surface area contributed by atoms with Crippen LogP contribution in [0.3, 0.4) is 0 Å². The molecule has 19 heavy (non-hydrogen) atoms. The molecule has 1 aromatic rings. The highest BCUT2D eigenvalue weighted by atomic mass is 32.1. The number of carbonyl (C=O) groups is 2. The maximum atomic E-state index is 12.3. The monoisotopic (exact) mass is 275 g/mol. The average Bonchev–Trinajstić information content (AvgIpc) is 2.69. The zero-order valence-corrected chi connectivity index (χ0v) is 11.0. The number of carbonyl (C=O) groups excluding carboxylic acids is 2. The zero-order chi connectivity index (χ0) is 13.6. The van der Waals surface area contributed by atoms with Crippen LogP contribution in [-0.2, 0) is 11.3 Å². The lowest BCUT2D eigenvalue weighted by atomic mass is 10.1. The first-order valence-electron chi connectivity index (χ1n) is 6.10. The van der Waals surface area contributed by atoms with Crippen molar-refractivity contribution in [1.29, 1.82) is 0 Å². The number of piperidine rings is 1. The van der Waals surface area contributed by atoms with Crippen molar-refractivity contribution in [2.45, 2.75) is 25.4 Å². The third-order valence-corrected chi connectivity index (χ3v) is 3.92. The van der Waals surface area contributed by atoms with E-state index >= 15 is 0 Å². The largest absolute Gasteiger partial charge is 0.398 e. The Labute approximate surface area is 115 Å². The SMILES string of the molecule is Nc1cccc2c1CN(C1CCC(=S)NC1=O)C2=O. The molecule has 3 N–H and O–H groups in total. The van der Waals surface area contributed by atoms with Crippen LogP contribution in [0.2, 0.25) is 0 Å². The Kier molecular flexibility index (Phi) is 2.74. The van der Waals surface area contributed by atoms with Crippen molar-refractivity contribution in [2.75, 3.05) is 5.73 Å². The number of nitrogens with zero attached hydrogens (tertiary/aromatic N) is 1. The van der Waals surface area contributed by atoms with E-state index in [0.29, 0.717) is 35.6 Å². The molecule has 1 unspecified atom stereocenters. The van der Waals surface area contributed by atoms with E-state index in [4.69, 9.17) is 18.0 Å². The van der Waals surface area contributed by atoms with E-state index in [-0.39, 0.29) is 11.8 Å². The number of nitrogens with two attached hydrogens (primary N) is 1. The number of nitrogen functional groups attached to an aromatic ring is 1. The first kappa shape index (κ1) is 12.1. The minimum atomic E-state index is -0.453. The van der Waals surface area contributed by atoms with Gasteiger partial charge in [0.1, 0.15) is 6.04 Å². The molecule has 98 valence electrons. The van der Waals surface area contributed by atoms with Crippen LogP contribution in [0.15, 0.2) is 18.2 Å². The third kappa shape index (κ3) is 1.88. The number of rotatable bonds is 1. The van der Waals surface area contributed by atoms with Gasteiger partial charge in [-0.05, 0) is 18.6 Å². The Balaban J connectivity index is 1.90. The van der Waals surface area contributed by atoms with Gasteiger partial charge in [-0.15, -0.1) is 0 Å². The first-order chi connectivity index (χ1) is 9.08. The van der Waals surface area contributed by atoms with Gasteiger partial charge >= 0.3 is 0 Å². The van der Waals surface area contributed by atoms with Gasteiger partial charge in [-0.3, -0.25) is 9.59 Å². The summed E-state index contributed by atoms with van der Waals surface area (Å²) in [4.78, 5) is 26.4. The molecule has 0 radical (unpaired) electrons. The van der Waals surface area contributed by atoms with Crippen LogP contribution in [-0.4, -0.2) is 27.7 Å². The molecule has 2 aliphatic rings. The molecular formula is C13H13N3O2S. The Bertz CT molecular complexity index is 600. The summed E-state index contributed by atoms with van der Waals surface area (Å²) in [5, 5.41) is 2.64. The van der Waals surface area contributed by atoms with Gasteiger partial charge in [-0.25, -0.2) is 0 Å². The second-order valence-electron chi connectivity index (χ2n) is 4.77. The maximum Gasteiger partial charge on any atom is 0.255 e. The molecule has 3 rings (SSSR count). The van der Waals surface area contributed by atoms with Crippen LogP contribution in [0.5, 0.6) is 0 Å². The van der Waals surface area contributed by atoms with Crippen molar-refractivity contribution >= 4 is 34.7 Å². The predicted octanol–water partition coefficient (Wildman–Crippen LogP) is 0.831. The van der Waals surface area contributed by atoms with E-state index in [0.717, 1.165) is 5.56 Å². The summed E-state index contributed by atoms with van der Waals surface area (Å²) in [5.74, 6) is -0.328. The topological polar surface area (TPSA) is 75.4 Å². The summed E-state index contributed by atoms with van der Waals surface area (Å²) in [7, 11) is 0. The van der Waals surface area contributed by atoms with E-state index in [1.54, 1.807) is 23.1 Å². The highest BCUT2D eigenvalue weighted by molar-refractivity contribution is 7.80. The molecule has 0 saturated carbocycles. The van der Waals surface area contributed by atoms with Crippen molar-refractivity contribution in [3.8, 4) is 0 Å². The molecule has 1 atom stereocenters. The average molecular weight is 275 g/mol. The molecule has 2 amide bonds. The van der Waals surface area contributed by atoms with Crippen molar-refractivity contribution in [1.82, 2.24) is 10.2 Å². The molecule has 0 bridgehead atoms. The Morgan fingerprint density at radius 2 is 2.16 bits per heavy atom. The second-order valence-corrected chi connectivity index (χ2v) is 5.27. The zero-order valence-electron chi connectivity index (χ0n) is 10.2. The highest BCUT2D eigenvalue weighted by Gasteiger charge is 2.38. The van der Waals surface area contributed by atoms with Gasteiger partial charge in [0.2, 0.25) is 5.91 Å². The van der Waals surface area contributed by atoms with Gasteiger partial charge in [0.15, 0.2) is 0 Å². The van der Waals surface area contributed by atoms with Gasteiger partial charge in [0.25, 0.3) is 5.91 Å². The van der Waals surface area contributed by atoms with Gasteiger partial charge in [-0.1, -0.05) is 18.3 Å². The summed E-state index contributed by atoms with van der Waals surface area (Å²) >= 11 is 4.97. The van der Waals surface area contributed by atoms with Gasteiger partial charge in [0, 0.05) is 29.8 Å². The first-order valence-corrected chi connectivity index (χ1v) is 6.51. The standard InChI is InChI=1S/C13H13N3O2S/c14-9-3-1-2-7-8(9)6-16(13(7)18)10-4-5-11(19)15-12(10)17/h1-3,10H,4-6,14H2,(H,15,17,19). The number of hydrogen-bond acceptors (Lipinski definition) is 4. The number of anilines is 1. The number of fused-ring (bicyclic) bond motifs is 1. The van der Waals surface area contributed by atoms with Crippen LogP contribution in [0, 0.1) is 0 Å². The molecular weight excluding hydrogens is 262 g/mol. The Morgan fingerprint density at radius 1 is 1.37 bits per heavy atom. The number of amides is 2. The van der Waals surface area contributed by atoms with E-state index < -0.39 is 6.04 Å². The van der Waals surface area contributed by atoms with Crippen molar-refractivity contribution < 1.29 is 9.59 Å². The van der Waals surface area contributed by atoms with E-state index in [2.05, 4.69) is 5.32 Å². The third-order valence-electron chi connectivity index (χ3n) is 3.62. The fourth-order valence-corrected chi connectivity index (χ4v) is 2.83. The van der Waals surface area contributed by atoms with Gasteiger partial charge < -0.3 is 16.0 Å². The lowest BCUT2D eigenvalue weighted by molar-refractivity contribution is -0.125. The van der Waals surface area contributed by atoms with Gasteiger partial charge in [0.05, 0.1) is 4.99 Å². The Hall–Kier alpha value is -1.95. The van der Waals surface area contributed by atoms with Crippen LogP contribution in [0.25, 0.3) is 0 Å². The van der Waals surface area contributed by atoms with Crippen LogP contribution in [0.4, 0.5) is 5.69 Å². The quantitative estimate of drug-likeness (QED) is 0.588. The molecule has 0 aromatic heterocycles. The van der Waals surface area contributed by atoms with Crippen molar-refractivity contribution in [3.63, 3.8) is 0 Å². The fraction of sp³-hybridized carbons (Fsp3) is 0.308. The van der Waals surface area contributed by atoms with E-state index in [9.17, 15) is 9.59 Å². The molecule has 2 heterocycles. The van der Waals surface area contributed by atoms with E-state index in [1.807, 2.05) is 0 Å². The second kappa shape index (κ2) is 4.31. The summed E-state index contributed by atoms with van der Waals surface area (Å²) in [6.45, 7) is 0.395. The number of nitrogens with one attached hydrogen (secondary N) is 1. The Morgan fingerprint density at radius 3 is 2.84 bits per heavy atom.